The van der Waals surface area contributed by atoms with Crippen LogP contribution in [0.4, 0.5) is 17.5 Å². The summed E-state index contributed by atoms with van der Waals surface area (Å²) in [4.78, 5) is 13.1. The maximum Gasteiger partial charge on any atom is 0.224 e. The minimum Gasteiger partial charge on any atom is -0.368 e. The largest absolute Gasteiger partial charge is 0.368 e. The van der Waals surface area contributed by atoms with Crippen molar-refractivity contribution in [2.24, 2.45) is 0 Å². The number of benzene rings is 1. The summed E-state index contributed by atoms with van der Waals surface area (Å²) in [5.74, 6) is 0.789. The van der Waals surface area contributed by atoms with Crippen molar-refractivity contribution < 1.29 is 4.74 Å². The molecule has 118 valence electrons. The molecule has 7 nitrogen and oxygen atoms in total. The highest BCUT2D eigenvalue weighted by molar-refractivity contribution is 9.10. The van der Waals surface area contributed by atoms with Crippen molar-refractivity contribution in [1.82, 2.24) is 19.5 Å². The minimum absolute atomic E-state index is 0.0342. The predicted molar refractivity (Wildman–Crippen MR) is 91.4 cm³/mol. The number of nitrogens with two attached hydrogens (primary N) is 1. The maximum atomic E-state index is 5.88. The summed E-state index contributed by atoms with van der Waals surface area (Å²) in [7, 11) is 0. The fourth-order valence-electron chi connectivity index (χ4n) is 2.71. The molecule has 1 aliphatic heterocycles. The molecule has 0 spiro atoms. The van der Waals surface area contributed by atoms with Gasteiger partial charge in [-0.15, -0.1) is 0 Å². The molecule has 3 aromatic rings. The number of hydrogen-bond acceptors (Lipinski definition) is 6. The molecular formula is C15H15BrN6O. The lowest BCUT2D eigenvalue weighted by molar-refractivity contribution is 0.0593. The van der Waals surface area contributed by atoms with Crippen molar-refractivity contribution in [3.63, 3.8) is 0 Å². The molecule has 4 rings (SSSR count). The number of rotatable bonds is 3. The number of fused-ring (bicyclic) bond motifs is 1. The van der Waals surface area contributed by atoms with Crippen LogP contribution in [-0.4, -0.2) is 26.1 Å². The van der Waals surface area contributed by atoms with Crippen LogP contribution in [0.5, 0.6) is 0 Å². The molecule has 1 aromatic carbocycles. The third-order valence-electron chi connectivity index (χ3n) is 3.74. The second kappa shape index (κ2) is 5.78. The van der Waals surface area contributed by atoms with Crippen LogP contribution in [0.3, 0.4) is 0 Å². The van der Waals surface area contributed by atoms with E-state index >= 15 is 0 Å². The monoisotopic (exact) mass is 374 g/mol. The van der Waals surface area contributed by atoms with E-state index < -0.39 is 0 Å². The molecule has 8 heteroatoms. The van der Waals surface area contributed by atoms with Crippen molar-refractivity contribution in [2.45, 2.75) is 19.1 Å². The molecule has 2 aromatic heterocycles. The van der Waals surface area contributed by atoms with Crippen LogP contribution >= 0.6 is 15.9 Å². The van der Waals surface area contributed by atoms with Gasteiger partial charge in [-0.05, 0) is 31.0 Å². The number of imidazole rings is 1. The highest BCUT2D eigenvalue weighted by Gasteiger charge is 2.22. The van der Waals surface area contributed by atoms with Gasteiger partial charge in [0.05, 0.1) is 6.33 Å². The summed E-state index contributed by atoms with van der Waals surface area (Å²) in [5.41, 5.74) is 8.13. The SMILES string of the molecule is Nc1nc(Nc2cccc(Br)c2)c2ncn(C3CCCO3)c2n1. The molecule has 3 heterocycles. The van der Waals surface area contributed by atoms with Crippen LogP contribution in [0.1, 0.15) is 19.1 Å². The van der Waals surface area contributed by atoms with Gasteiger partial charge >= 0.3 is 0 Å². The Balaban J connectivity index is 1.77. The number of anilines is 3. The highest BCUT2D eigenvalue weighted by atomic mass is 79.9. The summed E-state index contributed by atoms with van der Waals surface area (Å²) in [5, 5.41) is 3.25. The number of nitrogen functional groups attached to an aromatic ring is 1. The predicted octanol–water partition coefficient (Wildman–Crippen LogP) is 3.22. The third kappa shape index (κ3) is 2.75. The first-order valence-electron chi connectivity index (χ1n) is 7.35. The van der Waals surface area contributed by atoms with E-state index in [0.717, 1.165) is 29.6 Å². The molecule has 1 fully saturated rings. The summed E-state index contributed by atoms with van der Waals surface area (Å²) in [6.45, 7) is 0.758. The Morgan fingerprint density at radius 2 is 2.26 bits per heavy atom. The summed E-state index contributed by atoms with van der Waals surface area (Å²) >= 11 is 3.45. The zero-order valence-electron chi connectivity index (χ0n) is 12.2. The van der Waals surface area contributed by atoms with Crippen LogP contribution in [0.25, 0.3) is 11.2 Å². The maximum absolute atomic E-state index is 5.88. The van der Waals surface area contributed by atoms with E-state index in [0.29, 0.717) is 17.0 Å². The Morgan fingerprint density at radius 1 is 1.35 bits per heavy atom. The molecule has 3 N–H and O–H groups in total. The molecule has 0 radical (unpaired) electrons. The summed E-state index contributed by atoms with van der Waals surface area (Å²) in [6, 6.07) is 7.81. The van der Waals surface area contributed by atoms with E-state index in [9.17, 15) is 0 Å². The third-order valence-corrected chi connectivity index (χ3v) is 4.24. The fraction of sp³-hybridized carbons (Fsp3) is 0.267. The van der Waals surface area contributed by atoms with Gasteiger partial charge in [-0.25, -0.2) is 4.98 Å². The van der Waals surface area contributed by atoms with E-state index in [1.807, 2.05) is 28.8 Å². The van der Waals surface area contributed by atoms with E-state index in [2.05, 4.69) is 36.2 Å². The molecule has 0 saturated carbocycles. The first-order chi connectivity index (χ1) is 11.2. The van der Waals surface area contributed by atoms with Gasteiger partial charge in [0.25, 0.3) is 0 Å². The van der Waals surface area contributed by atoms with Crippen molar-refractivity contribution in [3.05, 3.63) is 35.1 Å². The average Bonchev–Trinajstić information content (AvgIpc) is 3.15. The molecule has 23 heavy (non-hydrogen) atoms. The number of halogens is 1. The second-order valence-electron chi connectivity index (χ2n) is 5.36. The first-order valence-corrected chi connectivity index (χ1v) is 8.14. The van der Waals surface area contributed by atoms with E-state index in [1.165, 1.54) is 0 Å². The lowest BCUT2D eigenvalue weighted by Gasteiger charge is -2.12. The topological polar surface area (TPSA) is 90.9 Å². The van der Waals surface area contributed by atoms with Gasteiger partial charge in [-0.1, -0.05) is 22.0 Å². The molecule has 0 bridgehead atoms. The molecule has 1 unspecified atom stereocenters. The van der Waals surface area contributed by atoms with Gasteiger partial charge in [-0.3, -0.25) is 4.57 Å². The zero-order chi connectivity index (χ0) is 15.8. The van der Waals surface area contributed by atoms with Crippen molar-refractivity contribution in [1.29, 1.82) is 0 Å². The van der Waals surface area contributed by atoms with Gasteiger partial charge in [0.1, 0.15) is 6.23 Å². The van der Waals surface area contributed by atoms with Crippen molar-refractivity contribution in [2.75, 3.05) is 17.7 Å². The number of aromatic nitrogens is 4. The van der Waals surface area contributed by atoms with Crippen molar-refractivity contribution in [3.8, 4) is 0 Å². The fourth-order valence-corrected chi connectivity index (χ4v) is 3.11. The van der Waals surface area contributed by atoms with Crippen LogP contribution in [-0.2, 0) is 4.74 Å². The molecule has 1 atom stereocenters. The number of ether oxygens (including phenoxy) is 1. The van der Waals surface area contributed by atoms with Crippen LogP contribution in [0, 0.1) is 0 Å². The highest BCUT2D eigenvalue weighted by Crippen LogP contribution is 2.30. The van der Waals surface area contributed by atoms with Gasteiger partial charge in [0, 0.05) is 16.8 Å². The summed E-state index contributed by atoms with van der Waals surface area (Å²) in [6.07, 6.45) is 3.69. The van der Waals surface area contributed by atoms with Crippen LogP contribution in [0.2, 0.25) is 0 Å². The number of nitrogens with one attached hydrogen (secondary N) is 1. The second-order valence-corrected chi connectivity index (χ2v) is 6.27. The minimum atomic E-state index is -0.0342. The smallest absolute Gasteiger partial charge is 0.224 e. The Kier molecular flexibility index (Phi) is 3.62. The normalized spacial score (nSPS) is 17.7. The Bertz CT molecular complexity index is 858. The zero-order valence-corrected chi connectivity index (χ0v) is 13.8. The Labute approximate surface area is 141 Å². The molecule has 0 aliphatic carbocycles. The lowest BCUT2D eigenvalue weighted by Crippen LogP contribution is -2.08. The molecule has 1 aliphatic rings. The standard InChI is InChI=1S/C15H15BrN6O/c16-9-3-1-4-10(7-9)19-13-12-14(21-15(17)20-13)22(8-18-12)11-5-2-6-23-11/h1,3-4,7-8,11H,2,5-6H2,(H3,17,19,20,21). The molecular weight excluding hydrogens is 360 g/mol. The van der Waals surface area contributed by atoms with E-state index in [4.69, 9.17) is 10.5 Å². The summed E-state index contributed by atoms with van der Waals surface area (Å²) < 4.78 is 8.61. The van der Waals surface area contributed by atoms with Crippen LogP contribution in [0.15, 0.2) is 35.1 Å². The van der Waals surface area contributed by atoms with Gasteiger partial charge < -0.3 is 15.8 Å². The van der Waals surface area contributed by atoms with Crippen LogP contribution < -0.4 is 11.1 Å². The Morgan fingerprint density at radius 3 is 3.04 bits per heavy atom. The van der Waals surface area contributed by atoms with Gasteiger partial charge in [-0.2, -0.15) is 9.97 Å². The lowest BCUT2D eigenvalue weighted by atomic mass is 10.3. The first kappa shape index (κ1) is 14.4. The van der Waals surface area contributed by atoms with Gasteiger partial charge in [0.2, 0.25) is 5.95 Å². The quantitative estimate of drug-likeness (QED) is 0.731. The van der Waals surface area contributed by atoms with E-state index in [-0.39, 0.29) is 12.2 Å². The van der Waals surface area contributed by atoms with Crippen molar-refractivity contribution >= 4 is 44.5 Å². The average molecular weight is 375 g/mol. The number of nitrogens with zero attached hydrogens (tertiary/aromatic N) is 4. The van der Waals surface area contributed by atoms with E-state index in [1.54, 1.807) is 6.33 Å². The molecule has 1 saturated heterocycles. The molecule has 0 amide bonds. The number of hydrogen-bond donors (Lipinski definition) is 2. The Hall–Kier alpha value is -2.19. The van der Waals surface area contributed by atoms with Gasteiger partial charge in [0.15, 0.2) is 17.0 Å².